The topological polar surface area (TPSA) is 52.6 Å². The third-order valence-corrected chi connectivity index (χ3v) is 4.29. The number of nitrogens with zero attached hydrogens (tertiary/aromatic N) is 1. The molecular formula is C16H12BrF3N2O2. The maximum atomic E-state index is 13.0. The number of halogens is 4. The van der Waals surface area contributed by atoms with Gasteiger partial charge >= 0.3 is 6.18 Å². The van der Waals surface area contributed by atoms with Gasteiger partial charge in [0.2, 0.25) is 0 Å². The predicted molar refractivity (Wildman–Crippen MR) is 85.7 cm³/mol. The molecule has 0 aromatic heterocycles. The van der Waals surface area contributed by atoms with E-state index < -0.39 is 24.8 Å². The number of rotatable bonds is 2. The van der Waals surface area contributed by atoms with E-state index in [1.54, 1.807) is 18.2 Å². The van der Waals surface area contributed by atoms with Crippen LogP contribution < -0.4 is 5.32 Å². The summed E-state index contributed by atoms with van der Waals surface area (Å²) >= 11 is 3.14. The fraction of sp³-hybridized carbons (Fsp3) is 0.188. The van der Waals surface area contributed by atoms with Crippen LogP contribution in [0.2, 0.25) is 0 Å². The van der Waals surface area contributed by atoms with E-state index in [9.17, 15) is 23.1 Å². The molecule has 2 aromatic carbocycles. The number of para-hydroxylation sites is 1. The number of aromatic hydroxyl groups is 1. The van der Waals surface area contributed by atoms with Crippen LogP contribution in [0, 0.1) is 0 Å². The number of carbonyl (C=O) groups excluding carboxylic acids is 1. The highest BCUT2D eigenvalue weighted by Crippen LogP contribution is 2.37. The lowest BCUT2D eigenvalue weighted by molar-refractivity contribution is -0.144. The molecule has 0 fully saturated rings. The minimum atomic E-state index is -4.53. The Balaban J connectivity index is 2.07. The first-order valence-electron chi connectivity index (χ1n) is 6.98. The summed E-state index contributed by atoms with van der Waals surface area (Å²) < 4.78 is 39.2. The summed E-state index contributed by atoms with van der Waals surface area (Å²) in [5.41, 5.74) is 1.08. The Morgan fingerprint density at radius 3 is 2.58 bits per heavy atom. The van der Waals surface area contributed by atoms with Crippen molar-refractivity contribution in [3.05, 3.63) is 58.1 Å². The molecule has 1 aliphatic rings. The van der Waals surface area contributed by atoms with Crippen LogP contribution in [-0.4, -0.2) is 28.6 Å². The number of amides is 1. The van der Waals surface area contributed by atoms with Crippen molar-refractivity contribution in [3.63, 3.8) is 0 Å². The summed E-state index contributed by atoms with van der Waals surface area (Å²) in [6, 6.07) is 10.7. The second kappa shape index (κ2) is 6.01. The number of hydrogen-bond acceptors (Lipinski definition) is 3. The summed E-state index contributed by atoms with van der Waals surface area (Å²) in [7, 11) is 0. The van der Waals surface area contributed by atoms with Crippen molar-refractivity contribution >= 4 is 27.5 Å². The molecular weight excluding hydrogens is 389 g/mol. The van der Waals surface area contributed by atoms with Crippen molar-refractivity contribution < 1.29 is 23.1 Å². The molecule has 0 aliphatic carbocycles. The summed E-state index contributed by atoms with van der Waals surface area (Å²) in [5, 5.41) is 12.5. The molecule has 2 N–H and O–H groups in total. The highest BCUT2D eigenvalue weighted by molar-refractivity contribution is 9.10. The highest BCUT2D eigenvalue weighted by Gasteiger charge is 2.40. The van der Waals surface area contributed by atoms with Gasteiger partial charge in [-0.1, -0.05) is 18.2 Å². The molecule has 126 valence electrons. The molecule has 2 aromatic rings. The second-order valence-corrected chi connectivity index (χ2v) is 6.21. The fourth-order valence-electron chi connectivity index (χ4n) is 2.61. The van der Waals surface area contributed by atoms with Crippen molar-refractivity contribution in [1.82, 2.24) is 4.90 Å². The quantitative estimate of drug-likeness (QED) is 0.790. The second-order valence-electron chi connectivity index (χ2n) is 5.35. The molecule has 24 heavy (non-hydrogen) atoms. The van der Waals surface area contributed by atoms with Crippen LogP contribution in [0.3, 0.4) is 0 Å². The maximum Gasteiger partial charge on any atom is 0.406 e. The molecule has 0 spiro atoms. The van der Waals surface area contributed by atoms with Gasteiger partial charge in [-0.2, -0.15) is 13.2 Å². The van der Waals surface area contributed by atoms with Gasteiger partial charge < -0.3 is 15.3 Å². The molecule has 0 bridgehead atoms. The largest absolute Gasteiger partial charge is 0.507 e. The maximum absolute atomic E-state index is 13.0. The minimum Gasteiger partial charge on any atom is -0.507 e. The molecule has 0 radical (unpaired) electrons. The van der Waals surface area contributed by atoms with Crippen LogP contribution in [0.4, 0.5) is 18.9 Å². The summed E-state index contributed by atoms with van der Waals surface area (Å²) in [6.45, 7) is -1.38. The lowest BCUT2D eigenvalue weighted by Crippen LogP contribution is -2.47. The zero-order valence-electron chi connectivity index (χ0n) is 12.1. The Morgan fingerprint density at radius 2 is 1.92 bits per heavy atom. The van der Waals surface area contributed by atoms with E-state index in [1.807, 2.05) is 0 Å². The number of hydrogen-bond donors (Lipinski definition) is 2. The molecule has 4 nitrogen and oxygen atoms in total. The number of anilines is 1. The van der Waals surface area contributed by atoms with Crippen LogP contribution in [0.1, 0.15) is 22.1 Å². The Hall–Kier alpha value is -2.22. The number of phenols is 1. The van der Waals surface area contributed by atoms with Gasteiger partial charge in [-0.3, -0.25) is 4.79 Å². The Kier molecular flexibility index (Phi) is 4.16. The van der Waals surface area contributed by atoms with Crippen LogP contribution in [0.5, 0.6) is 5.75 Å². The van der Waals surface area contributed by atoms with Gasteiger partial charge in [-0.25, -0.2) is 0 Å². The normalized spacial score (nSPS) is 17.4. The number of benzene rings is 2. The average molecular weight is 401 g/mol. The SMILES string of the molecule is O=C1c2ccccc2NC(c2ccc(O)c(Br)c2)N1CC(F)(F)F. The van der Waals surface area contributed by atoms with E-state index in [0.717, 1.165) is 4.90 Å². The molecule has 1 amide bonds. The van der Waals surface area contributed by atoms with Crippen LogP contribution >= 0.6 is 15.9 Å². The molecule has 3 rings (SSSR count). The first-order chi connectivity index (χ1) is 11.3. The zero-order valence-corrected chi connectivity index (χ0v) is 13.7. The predicted octanol–water partition coefficient (Wildman–Crippen LogP) is 4.28. The van der Waals surface area contributed by atoms with Gasteiger partial charge in [-0.05, 0) is 45.8 Å². The lowest BCUT2D eigenvalue weighted by atomic mass is 10.0. The van der Waals surface area contributed by atoms with Gasteiger partial charge in [0, 0.05) is 5.69 Å². The van der Waals surface area contributed by atoms with Gasteiger partial charge in [0.1, 0.15) is 18.5 Å². The first-order valence-corrected chi connectivity index (χ1v) is 7.77. The monoisotopic (exact) mass is 400 g/mol. The van der Waals surface area contributed by atoms with Crippen molar-refractivity contribution in [1.29, 1.82) is 0 Å². The summed E-state index contributed by atoms with van der Waals surface area (Å²) in [4.78, 5) is 13.3. The smallest absolute Gasteiger partial charge is 0.406 e. The molecule has 0 saturated heterocycles. The van der Waals surface area contributed by atoms with Crippen LogP contribution in [-0.2, 0) is 0 Å². The fourth-order valence-corrected chi connectivity index (χ4v) is 3.00. The third kappa shape index (κ3) is 3.19. The van der Waals surface area contributed by atoms with Gasteiger partial charge in [0.05, 0.1) is 10.0 Å². The molecule has 8 heteroatoms. The van der Waals surface area contributed by atoms with E-state index in [4.69, 9.17) is 0 Å². The molecule has 1 aliphatic heterocycles. The summed E-state index contributed by atoms with van der Waals surface area (Å²) in [6.07, 6.45) is -5.53. The van der Waals surface area contributed by atoms with Crippen LogP contribution in [0.15, 0.2) is 46.9 Å². The Morgan fingerprint density at radius 1 is 1.21 bits per heavy atom. The van der Waals surface area contributed by atoms with Gasteiger partial charge in [0.15, 0.2) is 0 Å². The summed E-state index contributed by atoms with van der Waals surface area (Å²) in [5.74, 6) is -0.737. The number of nitrogens with one attached hydrogen (secondary N) is 1. The first kappa shape index (κ1) is 16.6. The Bertz CT molecular complexity index is 795. The van der Waals surface area contributed by atoms with Gasteiger partial charge in [0.25, 0.3) is 5.91 Å². The molecule has 1 heterocycles. The van der Waals surface area contributed by atoms with E-state index >= 15 is 0 Å². The van der Waals surface area contributed by atoms with Crippen molar-refractivity contribution in [2.45, 2.75) is 12.3 Å². The van der Waals surface area contributed by atoms with Gasteiger partial charge in [-0.15, -0.1) is 0 Å². The van der Waals surface area contributed by atoms with Crippen molar-refractivity contribution in [2.24, 2.45) is 0 Å². The standard InChI is InChI=1S/C16H12BrF3N2O2/c17-11-7-9(5-6-13(11)23)14-21-12-4-2-1-3-10(12)15(24)22(14)8-16(18,19)20/h1-7,14,21,23H,8H2. The number of carbonyl (C=O) groups is 1. The zero-order chi connectivity index (χ0) is 17.5. The Labute approximate surface area is 144 Å². The molecule has 1 unspecified atom stereocenters. The van der Waals surface area contributed by atoms with Crippen molar-refractivity contribution in [2.75, 3.05) is 11.9 Å². The molecule has 0 saturated carbocycles. The lowest BCUT2D eigenvalue weighted by Gasteiger charge is -2.38. The third-order valence-electron chi connectivity index (χ3n) is 3.66. The number of fused-ring (bicyclic) bond motifs is 1. The highest BCUT2D eigenvalue weighted by atomic mass is 79.9. The number of phenolic OH excluding ortho intramolecular Hbond substituents is 1. The van der Waals surface area contributed by atoms with E-state index in [0.29, 0.717) is 15.7 Å². The van der Waals surface area contributed by atoms with E-state index in [-0.39, 0.29) is 11.3 Å². The minimum absolute atomic E-state index is 0.0383. The average Bonchev–Trinajstić information content (AvgIpc) is 2.52. The van der Waals surface area contributed by atoms with E-state index in [1.165, 1.54) is 24.3 Å². The van der Waals surface area contributed by atoms with Crippen LogP contribution in [0.25, 0.3) is 0 Å². The van der Waals surface area contributed by atoms with Crippen molar-refractivity contribution in [3.8, 4) is 5.75 Å². The number of alkyl halides is 3. The molecule has 1 atom stereocenters. The van der Waals surface area contributed by atoms with E-state index in [2.05, 4.69) is 21.2 Å².